The van der Waals surface area contributed by atoms with Crippen LogP contribution < -0.4 is 5.32 Å². The zero-order valence-electron chi connectivity index (χ0n) is 11.1. The summed E-state index contributed by atoms with van der Waals surface area (Å²) in [5.41, 5.74) is -0.749. The third-order valence-corrected chi connectivity index (χ3v) is 4.20. The van der Waals surface area contributed by atoms with Crippen molar-refractivity contribution < 1.29 is 9.59 Å². The molecule has 1 aromatic rings. The van der Waals surface area contributed by atoms with Gasteiger partial charge in [0.25, 0.3) is 0 Å². The molecule has 1 N–H and O–H groups in total. The van der Waals surface area contributed by atoms with E-state index in [9.17, 15) is 9.59 Å². The molecular formula is C12H17N5O2. The Bertz CT molecular complexity index is 536. The fourth-order valence-corrected chi connectivity index (χ4v) is 2.72. The number of piperazine rings is 1. The SMILES string of the molecule is Cn1ncnc1CN1C(=O)CNC(=O)C1(C)C1CC1. The number of carbonyl (C=O) groups is 2. The average Bonchev–Trinajstić information content (AvgIpc) is 3.16. The van der Waals surface area contributed by atoms with Gasteiger partial charge in [0, 0.05) is 7.05 Å². The molecule has 1 aromatic heterocycles. The van der Waals surface area contributed by atoms with Gasteiger partial charge < -0.3 is 10.2 Å². The van der Waals surface area contributed by atoms with E-state index < -0.39 is 5.54 Å². The maximum atomic E-state index is 12.2. The van der Waals surface area contributed by atoms with Gasteiger partial charge in [0.15, 0.2) is 0 Å². The highest BCUT2D eigenvalue weighted by Crippen LogP contribution is 2.44. The smallest absolute Gasteiger partial charge is 0.246 e. The van der Waals surface area contributed by atoms with Crippen LogP contribution in [0.1, 0.15) is 25.6 Å². The summed E-state index contributed by atoms with van der Waals surface area (Å²) >= 11 is 0. The molecule has 102 valence electrons. The quantitative estimate of drug-likeness (QED) is 0.793. The van der Waals surface area contributed by atoms with Gasteiger partial charge in [-0.25, -0.2) is 4.98 Å². The van der Waals surface area contributed by atoms with E-state index in [1.54, 1.807) is 16.6 Å². The Kier molecular flexibility index (Phi) is 2.58. The molecule has 2 aliphatic rings. The number of rotatable bonds is 3. The maximum Gasteiger partial charge on any atom is 0.246 e. The van der Waals surface area contributed by atoms with E-state index in [2.05, 4.69) is 15.4 Å². The Morgan fingerprint density at radius 1 is 1.47 bits per heavy atom. The molecule has 1 saturated carbocycles. The van der Waals surface area contributed by atoms with Gasteiger partial charge in [0.05, 0.1) is 13.1 Å². The van der Waals surface area contributed by atoms with Crippen molar-refractivity contribution in [2.45, 2.75) is 31.8 Å². The van der Waals surface area contributed by atoms with Crippen LogP contribution in [-0.2, 0) is 23.2 Å². The summed E-state index contributed by atoms with van der Waals surface area (Å²) in [4.78, 5) is 30.2. The first-order chi connectivity index (χ1) is 9.03. The Labute approximate surface area is 111 Å². The standard InChI is InChI=1S/C12H17N5O2/c1-12(8-3-4-8)11(19)13-5-10(18)17(12)6-9-14-7-15-16(9)2/h7-8H,3-6H2,1-2H3,(H,13,19). The van der Waals surface area contributed by atoms with Gasteiger partial charge in [0.2, 0.25) is 11.8 Å². The van der Waals surface area contributed by atoms with Crippen LogP contribution in [0.25, 0.3) is 0 Å². The molecule has 1 aliphatic carbocycles. The number of nitrogens with one attached hydrogen (secondary N) is 1. The predicted octanol–water partition coefficient (Wildman–Crippen LogP) is -0.558. The fourth-order valence-electron chi connectivity index (χ4n) is 2.72. The predicted molar refractivity (Wildman–Crippen MR) is 65.7 cm³/mol. The highest BCUT2D eigenvalue weighted by molar-refractivity contribution is 5.98. The number of hydrogen-bond acceptors (Lipinski definition) is 4. The Balaban J connectivity index is 1.92. The molecule has 0 aromatic carbocycles. The zero-order chi connectivity index (χ0) is 13.6. The van der Waals surface area contributed by atoms with E-state index in [0.717, 1.165) is 12.8 Å². The van der Waals surface area contributed by atoms with Gasteiger partial charge in [0.1, 0.15) is 17.7 Å². The average molecular weight is 263 g/mol. The van der Waals surface area contributed by atoms with Crippen LogP contribution in [0.4, 0.5) is 0 Å². The first kappa shape index (κ1) is 12.1. The lowest BCUT2D eigenvalue weighted by Crippen LogP contribution is -2.66. The molecule has 0 bridgehead atoms. The topological polar surface area (TPSA) is 80.1 Å². The largest absolute Gasteiger partial charge is 0.345 e. The number of amides is 2. The third kappa shape index (κ3) is 1.80. The van der Waals surface area contributed by atoms with Crippen molar-refractivity contribution in [2.24, 2.45) is 13.0 Å². The molecule has 1 aliphatic heterocycles. The Hall–Kier alpha value is -1.92. The monoisotopic (exact) mass is 263 g/mol. The summed E-state index contributed by atoms with van der Waals surface area (Å²) in [5, 5.41) is 6.70. The Morgan fingerprint density at radius 3 is 2.79 bits per heavy atom. The molecular weight excluding hydrogens is 246 g/mol. The lowest BCUT2D eigenvalue weighted by molar-refractivity contribution is -0.155. The molecule has 0 spiro atoms. The van der Waals surface area contributed by atoms with Crippen molar-refractivity contribution in [1.29, 1.82) is 0 Å². The first-order valence-electron chi connectivity index (χ1n) is 6.45. The summed E-state index contributed by atoms with van der Waals surface area (Å²) in [6, 6.07) is 0. The lowest BCUT2D eigenvalue weighted by atomic mass is 9.90. The number of hydrogen-bond donors (Lipinski definition) is 1. The van der Waals surface area contributed by atoms with Crippen LogP contribution in [0, 0.1) is 5.92 Å². The van der Waals surface area contributed by atoms with Gasteiger partial charge in [-0.15, -0.1) is 0 Å². The molecule has 2 fully saturated rings. The zero-order valence-corrected chi connectivity index (χ0v) is 11.1. The summed E-state index contributed by atoms with van der Waals surface area (Å²) in [6.45, 7) is 2.25. The van der Waals surface area contributed by atoms with Gasteiger partial charge >= 0.3 is 0 Å². The highest BCUT2D eigenvalue weighted by Gasteiger charge is 2.55. The summed E-state index contributed by atoms with van der Waals surface area (Å²) in [7, 11) is 1.78. The molecule has 1 atom stereocenters. The van der Waals surface area contributed by atoms with E-state index in [0.29, 0.717) is 12.4 Å². The van der Waals surface area contributed by atoms with Crippen molar-refractivity contribution in [3.8, 4) is 0 Å². The van der Waals surface area contributed by atoms with Crippen molar-refractivity contribution in [1.82, 2.24) is 25.0 Å². The molecule has 3 rings (SSSR count). The minimum Gasteiger partial charge on any atom is -0.345 e. The van der Waals surface area contributed by atoms with Crippen molar-refractivity contribution in [3.05, 3.63) is 12.2 Å². The third-order valence-electron chi connectivity index (χ3n) is 4.20. The Morgan fingerprint density at radius 2 is 2.21 bits per heavy atom. The van der Waals surface area contributed by atoms with Crippen LogP contribution >= 0.6 is 0 Å². The van der Waals surface area contributed by atoms with E-state index in [1.807, 2.05) is 6.92 Å². The lowest BCUT2D eigenvalue weighted by Gasteiger charge is -2.43. The fraction of sp³-hybridized carbons (Fsp3) is 0.667. The molecule has 2 heterocycles. The van der Waals surface area contributed by atoms with E-state index >= 15 is 0 Å². The summed E-state index contributed by atoms with van der Waals surface area (Å²) in [5.74, 6) is 0.827. The molecule has 2 amide bonds. The van der Waals surface area contributed by atoms with E-state index in [1.165, 1.54) is 6.33 Å². The van der Waals surface area contributed by atoms with Gasteiger partial charge in [-0.2, -0.15) is 5.10 Å². The molecule has 7 heteroatoms. The highest BCUT2D eigenvalue weighted by atomic mass is 16.2. The minimum atomic E-state index is -0.749. The summed E-state index contributed by atoms with van der Waals surface area (Å²) in [6.07, 6.45) is 3.44. The molecule has 1 saturated heterocycles. The number of nitrogens with zero attached hydrogens (tertiary/aromatic N) is 4. The van der Waals surface area contributed by atoms with Crippen LogP contribution in [0.15, 0.2) is 6.33 Å². The van der Waals surface area contributed by atoms with Gasteiger partial charge in [-0.1, -0.05) is 0 Å². The number of carbonyl (C=O) groups excluding carboxylic acids is 2. The second-order valence-corrected chi connectivity index (χ2v) is 5.38. The van der Waals surface area contributed by atoms with Gasteiger partial charge in [-0.05, 0) is 25.7 Å². The van der Waals surface area contributed by atoms with Crippen molar-refractivity contribution >= 4 is 11.8 Å². The van der Waals surface area contributed by atoms with Crippen LogP contribution in [-0.4, -0.2) is 43.6 Å². The summed E-state index contributed by atoms with van der Waals surface area (Å²) < 4.78 is 1.63. The maximum absolute atomic E-state index is 12.2. The normalized spacial score (nSPS) is 27.6. The van der Waals surface area contributed by atoms with Crippen LogP contribution in [0.5, 0.6) is 0 Å². The van der Waals surface area contributed by atoms with E-state index in [4.69, 9.17) is 0 Å². The molecule has 0 radical (unpaired) electrons. The van der Waals surface area contributed by atoms with Crippen LogP contribution in [0.3, 0.4) is 0 Å². The van der Waals surface area contributed by atoms with Gasteiger partial charge in [-0.3, -0.25) is 14.3 Å². The molecule has 19 heavy (non-hydrogen) atoms. The van der Waals surface area contributed by atoms with E-state index in [-0.39, 0.29) is 24.3 Å². The number of aromatic nitrogens is 3. The minimum absolute atomic E-state index is 0.0583. The first-order valence-corrected chi connectivity index (χ1v) is 6.45. The molecule has 7 nitrogen and oxygen atoms in total. The van der Waals surface area contributed by atoms with Crippen molar-refractivity contribution in [3.63, 3.8) is 0 Å². The second kappa shape index (κ2) is 4.04. The van der Waals surface area contributed by atoms with Crippen LogP contribution in [0.2, 0.25) is 0 Å². The van der Waals surface area contributed by atoms with Crippen molar-refractivity contribution in [2.75, 3.05) is 6.54 Å². The second-order valence-electron chi connectivity index (χ2n) is 5.38. The number of aryl methyl sites for hydroxylation is 1. The molecule has 1 unspecified atom stereocenters.